The molecule has 1 aliphatic rings. The van der Waals surface area contributed by atoms with Crippen molar-refractivity contribution >= 4 is 18.3 Å². The highest BCUT2D eigenvalue weighted by Crippen LogP contribution is 2.39. The summed E-state index contributed by atoms with van der Waals surface area (Å²) in [6, 6.07) is 3.75. The molecule has 1 aromatic rings. The number of rotatable bonds is 5. The first-order valence-electron chi connectivity index (χ1n) is 6.74. The minimum absolute atomic E-state index is 0.0997. The van der Waals surface area contributed by atoms with Crippen LogP contribution in [-0.4, -0.2) is 17.3 Å². The van der Waals surface area contributed by atoms with E-state index in [1.807, 2.05) is 0 Å². The molecule has 0 radical (unpaired) electrons. The molecule has 0 N–H and O–H groups in total. The van der Waals surface area contributed by atoms with E-state index in [1.165, 1.54) is 24.6 Å². The van der Waals surface area contributed by atoms with Crippen LogP contribution in [0.15, 0.2) is 18.2 Å². The lowest BCUT2D eigenvalue weighted by molar-refractivity contribution is -0.386. The van der Waals surface area contributed by atoms with E-state index >= 15 is 0 Å². The molecule has 20 heavy (non-hydrogen) atoms. The van der Waals surface area contributed by atoms with Crippen LogP contribution in [0.1, 0.15) is 32.1 Å². The zero-order valence-electron chi connectivity index (χ0n) is 11.2. The second-order valence-corrected chi connectivity index (χ2v) is 5.67. The Morgan fingerprint density at radius 2 is 2.05 bits per heavy atom. The van der Waals surface area contributed by atoms with Gasteiger partial charge in [-0.3, -0.25) is 10.1 Å². The molecule has 0 amide bonds. The van der Waals surface area contributed by atoms with Crippen LogP contribution in [0.2, 0.25) is 0 Å². The number of hydrogen-bond donors (Lipinski definition) is 1. The normalized spacial score (nSPS) is 17.7. The van der Waals surface area contributed by atoms with Gasteiger partial charge in [0, 0.05) is 11.5 Å². The zero-order chi connectivity index (χ0) is 14.6. The van der Waals surface area contributed by atoms with Crippen molar-refractivity contribution in [3.8, 4) is 5.75 Å². The number of nitrogens with zero attached hydrogens (tertiary/aromatic N) is 1. The van der Waals surface area contributed by atoms with Gasteiger partial charge in [0.25, 0.3) is 0 Å². The van der Waals surface area contributed by atoms with Gasteiger partial charge in [0.15, 0.2) is 5.82 Å². The van der Waals surface area contributed by atoms with Gasteiger partial charge in [0.2, 0.25) is 5.75 Å². The molecule has 1 aliphatic carbocycles. The SMILES string of the molecule is O=[N+]([O-])c1cccc(F)c1OCC1(CS)CCCCC1. The summed E-state index contributed by atoms with van der Waals surface area (Å²) in [4.78, 5) is 10.3. The van der Waals surface area contributed by atoms with Crippen molar-refractivity contribution in [1.82, 2.24) is 0 Å². The summed E-state index contributed by atoms with van der Waals surface area (Å²) in [7, 11) is 0. The molecule has 1 saturated carbocycles. The lowest BCUT2D eigenvalue weighted by Crippen LogP contribution is -2.33. The van der Waals surface area contributed by atoms with Crippen LogP contribution in [0.5, 0.6) is 5.75 Å². The predicted octanol–water partition coefficient (Wildman–Crippen LogP) is 3.99. The van der Waals surface area contributed by atoms with Crippen molar-refractivity contribution < 1.29 is 14.1 Å². The molecule has 0 bridgehead atoms. The fraction of sp³-hybridized carbons (Fsp3) is 0.571. The fourth-order valence-electron chi connectivity index (χ4n) is 2.66. The fourth-order valence-corrected chi connectivity index (χ4v) is 3.07. The van der Waals surface area contributed by atoms with Gasteiger partial charge < -0.3 is 4.74 Å². The average Bonchev–Trinajstić information content (AvgIpc) is 2.46. The van der Waals surface area contributed by atoms with Crippen LogP contribution >= 0.6 is 12.6 Å². The van der Waals surface area contributed by atoms with Crippen LogP contribution in [0.25, 0.3) is 0 Å². The van der Waals surface area contributed by atoms with E-state index in [0.717, 1.165) is 25.7 Å². The number of nitro benzene ring substituents is 1. The Bertz CT molecular complexity index is 489. The monoisotopic (exact) mass is 299 g/mol. The Morgan fingerprint density at radius 1 is 1.35 bits per heavy atom. The highest BCUT2D eigenvalue weighted by atomic mass is 32.1. The van der Waals surface area contributed by atoms with E-state index in [4.69, 9.17) is 4.74 Å². The van der Waals surface area contributed by atoms with Crippen LogP contribution in [0.3, 0.4) is 0 Å². The summed E-state index contributed by atoms with van der Waals surface area (Å²) in [5.41, 5.74) is -0.424. The van der Waals surface area contributed by atoms with Crippen LogP contribution in [-0.2, 0) is 0 Å². The molecule has 0 aromatic heterocycles. The molecule has 2 rings (SSSR count). The summed E-state index contributed by atoms with van der Waals surface area (Å²) in [6.07, 6.45) is 5.33. The molecule has 0 saturated heterocycles. The topological polar surface area (TPSA) is 52.4 Å². The van der Waals surface area contributed by atoms with Crippen LogP contribution < -0.4 is 4.74 Å². The quantitative estimate of drug-likeness (QED) is 0.508. The van der Waals surface area contributed by atoms with Crippen molar-refractivity contribution in [2.75, 3.05) is 12.4 Å². The molecule has 0 unspecified atom stereocenters. The lowest BCUT2D eigenvalue weighted by atomic mass is 9.76. The van der Waals surface area contributed by atoms with E-state index in [2.05, 4.69) is 12.6 Å². The zero-order valence-corrected chi connectivity index (χ0v) is 12.1. The summed E-state index contributed by atoms with van der Waals surface area (Å²) < 4.78 is 19.2. The van der Waals surface area contributed by atoms with Crippen molar-refractivity contribution in [1.29, 1.82) is 0 Å². The molecule has 0 atom stereocenters. The maximum absolute atomic E-state index is 13.7. The van der Waals surface area contributed by atoms with Crippen molar-refractivity contribution in [2.45, 2.75) is 32.1 Å². The molecular formula is C14H18FNO3S. The maximum Gasteiger partial charge on any atom is 0.314 e. The van der Waals surface area contributed by atoms with Gasteiger partial charge >= 0.3 is 5.69 Å². The first kappa shape index (κ1) is 15.1. The van der Waals surface area contributed by atoms with Gasteiger partial charge in [-0.05, 0) is 24.7 Å². The van der Waals surface area contributed by atoms with Crippen molar-refractivity contribution in [3.05, 3.63) is 34.1 Å². The van der Waals surface area contributed by atoms with Gasteiger partial charge in [-0.15, -0.1) is 0 Å². The van der Waals surface area contributed by atoms with Crippen molar-refractivity contribution in [3.63, 3.8) is 0 Å². The highest BCUT2D eigenvalue weighted by molar-refractivity contribution is 7.80. The second kappa shape index (κ2) is 6.43. The minimum atomic E-state index is -0.690. The number of para-hydroxylation sites is 1. The van der Waals surface area contributed by atoms with Gasteiger partial charge in [-0.2, -0.15) is 12.6 Å². The molecule has 1 fully saturated rings. The molecule has 1 aromatic carbocycles. The summed E-state index contributed by atoms with van der Waals surface area (Å²) in [6.45, 7) is 0.276. The molecule has 0 spiro atoms. The molecule has 0 aliphatic heterocycles. The Morgan fingerprint density at radius 3 is 2.65 bits per heavy atom. The standard InChI is InChI=1S/C14H18FNO3S/c15-11-5-4-6-12(16(17)18)13(11)19-9-14(10-20)7-2-1-3-8-14/h4-6,20H,1-3,7-10H2. The molecular weight excluding hydrogens is 281 g/mol. The Kier molecular flexibility index (Phi) is 4.86. The number of benzene rings is 1. The average molecular weight is 299 g/mol. The Labute approximate surface area is 122 Å². The van der Waals surface area contributed by atoms with E-state index in [-0.39, 0.29) is 23.5 Å². The first-order valence-corrected chi connectivity index (χ1v) is 7.38. The summed E-state index contributed by atoms with van der Waals surface area (Å²) >= 11 is 4.38. The smallest absolute Gasteiger partial charge is 0.314 e. The third kappa shape index (κ3) is 3.23. The predicted molar refractivity (Wildman–Crippen MR) is 77.9 cm³/mol. The number of halogens is 1. The van der Waals surface area contributed by atoms with Gasteiger partial charge in [-0.1, -0.05) is 25.3 Å². The molecule has 4 nitrogen and oxygen atoms in total. The van der Waals surface area contributed by atoms with Gasteiger partial charge in [0.05, 0.1) is 11.5 Å². The first-order chi connectivity index (χ1) is 9.58. The van der Waals surface area contributed by atoms with E-state index in [1.54, 1.807) is 0 Å². The van der Waals surface area contributed by atoms with Crippen molar-refractivity contribution in [2.24, 2.45) is 5.41 Å². The summed E-state index contributed by atoms with van der Waals surface area (Å²) in [5, 5.41) is 10.9. The maximum atomic E-state index is 13.7. The Balaban J connectivity index is 2.15. The van der Waals surface area contributed by atoms with Gasteiger partial charge in [0.1, 0.15) is 0 Å². The number of nitro groups is 1. The number of thiol groups is 1. The van der Waals surface area contributed by atoms with E-state index < -0.39 is 10.7 Å². The third-order valence-corrected chi connectivity index (χ3v) is 4.59. The minimum Gasteiger partial charge on any atom is -0.484 e. The van der Waals surface area contributed by atoms with Crippen LogP contribution in [0.4, 0.5) is 10.1 Å². The second-order valence-electron chi connectivity index (χ2n) is 5.35. The highest BCUT2D eigenvalue weighted by Gasteiger charge is 2.33. The molecule has 6 heteroatoms. The number of ether oxygens (including phenoxy) is 1. The van der Waals surface area contributed by atoms with E-state index in [9.17, 15) is 14.5 Å². The Hall–Kier alpha value is -1.30. The molecule has 0 heterocycles. The van der Waals surface area contributed by atoms with E-state index in [0.29, 0.717) is 5.75 Å². The van der Waals surface area contributed by atoms with Crippen LogP contribution in [0, 0.1) is 21.3 Å². The summed E-state index contributed by atoms with van der Waals surface area (Å²) in [5.74, 6) is -0.302. The third-order valence-electron chi connectivity index (χ3n) is 3.92. The number of hydrogen-bond acceptors (Lipinski definition) is 4. The largest absolute Gasteiger partial charge is 0.484 e. The lowest BCUT2D eigenvalue weighted by Gasteiger charge is -2.35. The molecule has 110 valence electrons. The van der Waals surface area contributed by atoms with Gasteiger partial charge in [-0.25, -0.2) is 4.39 Å².